The molecule has 0 saturated heterocycles. The van der Waals surface area contributed by atoms with Crippen LogP contribution in [-0.4, -0.2) is 37.7 Å². The predicted octanol–water partition coefficient (Wildman–Crippen LogP) is 2.08. The summed E-state index contributed by atoms with van der Waals surface area (Å²) in [5.74, 6) is -1.68. The van der Waals surface area contributed by atoms with Gasteiger partial charge in [-0.15, -0.1) is 0 Å². The van der Waals surface area contributed by atoms with E-state index in [2.05, 4.69) is 4.90 Å². The Labute approximate surface area is 112 Å². The van der Waals surface area contributed by atoms with Crippen LogP contribution in [0.4, 0.5) is 8.78 Å². The average Bonchev–Trinajstić information content (AvgIpc) is 3.21. The molecule has 1 aliphatic rings. The lowest BCUT2D eigenvalue weighted by molar-refractivity contribution is 0.139. The van der Waals surface area contributed by atoms with E-state index in [-0.39, 0.29) is 6.04 Å². The fraction of sp³-hybridized carbons (Fsp3) is 0.571. The summed E-state index contributed by atoms with van der Waals surface area (Å²) in [7, 11) is 1.67. The van der Waals surface area contributed by atoms with Gasteiger partial charge >= 0.3 is 0 Å². The summed E-state index contributed by atoms with van der Waals surface area (Å²) in [6.07, 6.45) is 2.35. The van der Waals surface area contributed by atoms with Crippen LogP contribution in [0.2, 0.25) is 0 Å². The van der Waals surface area contributed by atoms with Crippen LogP contribution in [0, 0.1) is 11.6 Å². The molecule has 19 heavy (non-hydrogen) atoms. The van der Waals surface area contributed by atoms with E-state index in [1.54, 1.807) is 13.2 Å². The largest absolute Gasteiger partial charge is 0.383 e. The lowest BCUT2D eigenvalue weighted by atomic mass is 10.1. The van der Waals surface area contributed by atoms with Gasteiger partial charge in [0.25, 0.3) is 0 Å². The number of rotatable bonds is 7. The molecule has 1 aliphatic carbocycles. The molecule has 0 radical (unpaired) electrons. The minimum Gasteiger partial charge on any atom is -0.383 e. The van der Waals surface area contributed by atoms with Gasteiger partial charge in [0.05, 0.1) is 6.61 Å². The van der Waals surface area contributed by atoms with Crippen molar-refractivity contribution in [3.8, 4) is 0 Å². The minimum absolute atomic E-state index is 0.312. The molecule has 1 atom stereocenters. The maximum atomic E-state index is 13.2. The highest BCUT2D eigenvalue weighted by atomic mass is 19.2. The van der Waals surface area contributed by atoms with Crippen molar-refractivity contribution in [2.24, 2.45) is 5.73 Å². The van der Waals surface area contributed by atoms with Crippen LogP contribution in [0.1, 0.15) is 24.4 Å². The van der Waals surface area contributed by atoms with Crippen LogP contribution >= 0.6 is 0 Å². The first-order valence-electron chi connectivity index (χ1n) is 6.55. The highest BCUT2D eigenvalue weighted by molar-refractivity contribution is 5.21. The van der Waals surface area contributed by atoms with Gasteiger partial charge in [-0.1, -0.05) is 6.07 Å². The smallest absolute Gasteiger partial charge is 0.159 e. The number of ether oxygens (including phenoxy) is 1. The first-order valence-corrected chi connectivity index (χ1v) is 6.55. The Bertz CT molecular complexity index is 424. The van der Waals surface area contributed by atoms with Crippen molar-refractivity contribution < 1.29 is 13.5 Å². The van der Waals surface area contributed by atoms with Crippen LogP contribution in [0.3, 0.4) is 0 Å². The topological polar surface area (TPSA) is 38.5 Å². The van der Waals surface area contributed by atoms with Crippen LogP contribution in [-0.2, 0) is 4.74 Å². The zero-order chi connectivity index (χ0) is 13.8. The number of halogens is 2. The van der Waals surface area contributed by atoms with Crippen molar-refractivity contribution in [2.45, 2.75) is 24.9 Å². The second-order valence-electron chi connectivity index (χ2n) is 5.00. The van der Waals surface area contributed by atoms with Gasteiger partial charge in [0, 0.05) is 32.3 Å². The molecule has 0 amide bonds. The van der Waals surface area contributed by atoms with Crippen molar-refractivity contribution in [1.29, 1.82) is 0 Å². The van der Waals surface area contributed by atoms with E-state index in [1.165, 1.54) is 18.9 Å². The SMILES string of the molecule is COCCN(CC(N)c1ccc(F)c(F)c1)C1CC1. The molecule has 0 heterocycles. The molecule has 1 aromatic rings. The second-order valence-corrected chi connectivity index (χ2v) is 5.00. The predicted molar refractivity (Wildman–Crippen MR) is 69.8 cm³/mol. The Hall–Kier alpha value is -1.04. The summed E-state index contributed by atoms with van der Waals surface area (Å²) >= 11 is 0. The molecule has 2 N–H and O–H groups in total. The van der Waals surface area contributed by atoms with Crippen molar-refractivity contribution in [3.63, 3.8) is 0 Å². The number of hydrogen-bond acceptors (Lipinski definition) is 3. The molecular weight excluding hydrogens is 250 g/mol. The van der Waals surface area contributed by atoms with Gasteiger partial charge in [0.2, 0.25) is 0 Å². The Morgan fingerprint density at radius 3 is 2.68 bits per heavy atom. The van der Waals surface area contributed by atoms with Gasteiger partial charge < -0.3 is 10.5 Å². The molecule has 5 heteroatoms. The van der Waals surface area contributed by atoms with E-state index in [0.717, 1.165) is 12.6 Å². The third kappa shape index (κ3) is 3.96. The maximum absolute atomic E-state index is 13.2. The molecule has 1 unspecified atom stereocenters. The van der Waals surface area contributed by atoms with Gasteiger partial charge in [-0.25, -0.2) is 8.78 Å². The normalized spacial score (nSPS) is 16.9. The minimum atomic E-state index is -0.845. The van der Waals surface area contributed by atoms with Crippen molar-refractivity contribution in [2.75, 3.05) is 26.8 Å². The zero-order valence-corrected chi connectivity index (χ0v) is 11.1. The molecule has 0 bridgehead atoms. The fourth-order valence-electron chi connectivity index (χ4n) is 2.17. The number of hydrogen-bond donors (Lipinski definition) is 1. The van der Waals surface area contributed by atoms with Crippen molar-refractivity contribution in [3.05, 3.63) is 35.4 Å². The summed E-state index contributed by atoms with van der Waals surface area (Å²) in [4.78, 5) is 2.26. The number of nitrogens with zero attached hydrogens (tertiary/aromatic N) is 1. The number of nitrogens with two attached hydrogens (primary N) is 1. The highest BCUT2D eigenvalue weighted by Gasteiger charge is 2.29. The van der Waals surface area contributed by atoms with Gasteiger partial charge in [-0.2, -0.15) is 0 Å². The van der Waals surface area contributed by atoms with Gasteiger partial charge in [-0.05, 0) is 30.5 Å². The molecule has 0 aliphatic heterocycles. The average molecular weight is 270 g/mol. The zero-order valence-electron chi connectivity index (χ0n) is 11.1. The Balaban J connectivity index is 1.97. The Morgan fingerprint density at radius 1 is 1.37 bits per heavy atom. The van der Waals surface area contributed by atoms with Crippen LogP contribution in [0.15, 0.2) is 18.2 Å². The first kappa shape index (κ1) is 14.4. The van der Waals surface area contributed by atoms with E-state index in [4.69, 9.17) is 10.5 Å². The molecule has 3 nitrogen and oxygen atoms in total. The molecular formula is C14H20F2N2O. The fourth-order valence-corrected chi connectivity index (χ4v) is 2.17. The summed E-state index contributed by atoms with van der Waals surface area (Å²) in [5.41, 5.74) is 6.71. The Kier molecular flexibility index (Phi) is 4.85. The van der Waals surface area contributed by atoms with Crippen molar-refractivity contribution >= 4 is 0 Å². The van der Waals surface area contributed by atoms with E-state index in [0.29, 0.717) is 24.8 Å². The number of methoxy groups -OCH3 is 1. The summed E-state index contributed by atoms with van der Waals surface area (Å²) in [6.45, 7) is 2.11. The highest BCUT2D eigenvalue weighted by Crippen LogP contribution is 2.28. The lowest BCUT2D eigenvalue weighted by Crippen LogP contribution is -2.36. The summed E-state index contributed by atoms with van der Waals surface area (Å²) in [5, 5.41) is 0. The maximum Gasteiger partial charge on any atom is 0.159 e. The molecule has 1 saturated carbocycles. The summed E-state index contributed by atoms with van der Waals surface area (Å²) in [6, 6.07) is 4.10. The molecule has 0 spiro atoms. The van der Waals surface area contributed by atoms with Crippen LogP contribution in [0.25, 0.3) is 0 Å². The van der Waals surface area contributed by atoms with Crippen molar-refractivity contribution in [1.82, 2.24) is 4.90 Å². The summed E-state index contributed by atoms with van der Waals surface area (Å²) < 4.78 is 31.2. The molecule has 1 fully saturated rings. The lowest BCUT2D eigenvalue weighted by Gasteiger charge is -2.25. The third-order valence-corrected chi connectivity index (χ3v) is 3.45. The third-order valence-electron chi connectivity index (χ3n) is 3.45. The van der Waals surface area contributed by atoms with Crippen LogP contribution in [0.5, 0.6) is 0 Å². The monoisotopic (exact) mass is 270 g/mol. The Morgan fingerprint density at radius 2 is 2.11 bits per heavy atom. The van der Waals surface area contributed by atoms with E-state index >= 15 is 0 Å². The van der Waals surface area contributed by atoms with E-state index in [1.807, 2.05) is 0 Å². The molecule has 106 valence electrons. The quantitative estimate of drug-likeness (QED) is 0.824. The van der Waals surface area contributed by atoms with E-state index in [9.17, 15) is 8.78 Å². The van der Waals surface area contributed by atoms with Crippen LogP contribution < -0.4 is 5.73 Å². The van der Waals surface area contributed by atoms with Gasteiger partial charge in [0.1, 0.15) is 0 Å². The number of benzene rings is 1. The van der Waals surface area contributed by atoms with E-state index < -0.39 is 11.6 Å². The van der Waals surface area contributed by atoms with Gasteiger partial charge in [0.15, 0.2) is 11.6 Å². The first-order chi connectivity index (χ1) is 9.11. The molecule has 2 rings (SSSR count). The second kappa shape index (κ2) is 6.41. The molecule has 1 aromatic carbocycles. The van der Waals surface area contributed by atoms with Gasteiger partial charge in [-0.3, -0.25) is 4.90 Å². The molecule has 0 aromatic heterocycles. The standard InChI is InChI=1S/C14H20F2N2O/c1-19-7-6-18(11-3-4-11)9-14(17)10-2-5-12(15)13(16)8-10/h2,5,8,11,14H,3-4,6-7,9,17H2,1H3.